The van der Waals surface area contributed by atoms with Crippen molar-refractivity contribution < 1.29 is 29.1 Å². The smallest absolute Gasteiger partial charge is 0.341 e. The number of carboxylic acid groups (broad SMARTS) is 1. The monoisotopic (exact) mass is 388 g/mol. The highest BCUT2D eigenvalue weighted by atomic mass is 16.6. The van der Waals surface area contributed by atoms with Crippen LogP contribution in [-0.4, -0.2) is 41.7 Å². The second-order valence-corrected chi connectivity index (χ2v) is 5.67. The molecule has 0 bridgehead atoms. The molecular formula is C19H20N2O7. The maximum atomic E-state index is 12.4. The van der Waals surface area contributed by atoms with Crippen LogP contribution < -0.4 is 14.8 Å². The van der Waals surface area contributed by atoms with Gasteiger partial charge in [0, 0.05) is 23.7 Å². The standard InChI is InChI=1S/C19H20N2O7/c1-2-27-17-11-14(7-8-16(17)28-12-18(22)23)19(24)20-10-9-13-5-3-4-6-15(13)21(25)26/h3-8,11H,2,9-10,12H2,1H3,(H,20,24)(H,22,23). The van der Waals surface area contributed by atoms with Crippen LogP contribution >= 0.6 is 0 Å². The molecule has 0 radical (unpaired) electrons. The lowest BCUT2D eigenvalue weighted by atomic mass is 10.1. The SMILES string of the molecule is CCOc1cc(C(=O)NCCc2ccccc2[N+](=O)[O-])ccc1OCC(=O)O. The van der Waals surface area contributed by atoms with E-state index in [0.29, 0.717) is 24.2 Å². The number of nitro benzene ring substituents is 1. The average molecular weight is 388 g/mol. The molecule has 2 rings (SSSR count). The zero-order chi connectivity index (χ0) is 20.5. The molecule has 0 aliphatic rings. The summed E-state index contributed by atoms with van der Waals surface area (Å²) in [4.78, 5) is 33.6. The van der Waals surface area contributed by atoms with Gasteiger partial charge in [-0.3, -0.25) is 14.9 Å². The number of ether oxygens (including phenoxy) is 2. The fourth-order valence-electron chi connectivity index (χ4n) is 2.49. The fourth-order valence-corrected chi connectivity index (χ4v) is 2.49. The first-order valence-electron chi connectivity index (χ1n) is 8.54. The number of hydrogen-bond donors (Lipinski definition) is 2. The van der Waals surface area contributed by atoms with Crippen molar-refractivity contribution in [3.63, 3.8) is 0 Å². The minimum atomic E-state index is -1.13. The summed E-state index contributed by atoms with van der Waals surface area (Å²) < 4.78 is 10.5. The van der Waals surface area contributed by atoms with Crippen molar-refractivity contribution in [2.75, 3.05) is 19.8 Å². The number of carboxylic acids is 1. The number of para-hydroxylation sites is 1. The van der Waals surface area contributed by atoms with Crippen molar-refractivity contribution in [3.05, 3.63) is 63.7 Å². The molecule has 148 valence electrons. The predicted molar refractivity (Wildman–Crippen MR) is 99.9 cm³/mol. The van der Waals surface area contributed by atoms with Crippen molar-refractivity contribution in [2.24, 2.45) is 0 Å². The number of aliphatic carboxylic acids is 1. The lowest BCUT2D eigenvalue weighted by Crippen LogP contribution is -2.26. The molecule has 0 heterocycles. The Morgan fingerprint density at radius 1 is 1.14 bits per heavy atom. The van der Waals surface area contributed by atoms with Gasteiger partial charge in [0.05, 0.1) is 11.5 Å². The van der Waals surface area contributed by atoms with Gasteiger partial charge in [0.15, 0.2) is 18.1 Å². The van der Waals surface area contributed by atoms with Crippen LogP contribution in [0, 0.1) is 10.1 Å². The number of nitrogens with one attached hydrogen (secondary N) is 1. The van der Waals surface area contributed by atoms with E-state index in [2.05, 4.69) is 5.32 Å². The first-order valence-corrected chi connectivity index (χ1v) is 8.54. The Labute approximate surface area is 161 Å². The second-order valence-electron chi connectivity index (χ2n) is 5.67. The van der Waals surface area contributed by atoms with Crippen LogP contribution in [0.25, 0.3) is 0 Å². The van der Waals surface area contributed by atoms with Gasteiger partial charge in [0.25, 0.3) is 11.6 Å². The molecule has 0 atom stereocenters. The van der Waals surface area contributed by atoms with Crippen molar-refractivity contribution in [3.8, 4) is 11.5 Å². The lowest BCUT2D eigenvalue weighted by molar-refractivity contribution is -0.385. The van der Waals surface area contributed by atoms with Gasteiger partial charge in [0.2, 0.25) is 0 Å². The fraction of sp³-hybridized carbons (Fsp3) is 0.263. The lowest BCUT2D eigenvalue weighted by Gasteiger charge is -2.12. The third kappa shape index (κ3) is 5.70. The zero-order valence-corrected chi connectivity index (χ0v) is 15.2. The Morgan fingerprint density at radius 2 is 1.89 bits per heavy atom. The topological polar surface area (TPSA) is 128 Å². The van der Waals surface area contributed by atoms with Crippen LogP contribution in [-0.2, 0) is 11.2 Å². The minimum Gasteiger partial charge on any atom is -0.490 e. The minimum absolute atomic E-state index is 0.00955. The number of amides is 1. The van der Waals surface area contributed by atoms with E-state index in [4.69, 9.17) is 14.6 Å². The molecular weight excluding hydrogens is 368 g/mol. The molecule has 0 aliphatic heterocycles. The van der Waals surface area contributed by atoms with E-state index in [1.807, 2.05) is 0 Å². The highest BCUT2D eigenvalue weighted by Gasteiger charge is 2.14. The number of carbonyl (C=O) groups excluding carboxylic acids is 1. The van der Waals surface area contributed by atoms with E-state index in [1.54, 1.807) is 25.1 Å². The van der Waals surface area contributed by atoms with Crippen molar-refractivity contribution >= 4 is 17.6 Å². The van der Waals surface area contributed by atoms with E-state index in [-0.39, 0.29) is 29.6 Å². The predicted octanol–water partition coefficient (Wildman–Crippen LogP) is 2.43. The Balaban J connectivity index is 2.03. The molecule has 1 amide bonds. The third-order valence-electron chi connectivity index (χ3n) is 3.73. The van der Waals surface area contributed by atoms with Gasteiger partial charge < -0.3 is 19.9 Å². The molecule has 0 saturated carbocycles. The summed E-state index contributed by atoms with van der Waals surface area (Å²) in [5, 5.41) is 22.4. The molecule has 2 aromatic rings. The summed E-state index contributed by atoms with van der Waals surface area (Å²) in [5.41, 5.74) is 0.837. The molecule has 2 N–H and O–H groups in total. The molecule has 0 aromatic heterocycles. The van der Waals surface area contributed by atoms with Gasteiger partial charge in [0.1, 0.15) is 0 Å². The summed E-state index contributed by atoms with van der Waals surface area (Å²) in [7, 11) is 0. The van der Waals surface area contributed by atoms with Gasteiger partial charge in [-0.2, -0.15) is 0 Å². The summed E-state index contributed by atoms with van der Waals surface area (Å²) in [5.74, 6) is -1.03. The van der Waals surface area contributed by atoms with Crippen LogP contribution in [0.2, 0.25) is 0 Å². The maximum absolute atomic E-state index is 12.4. The number of carbonyl (C=O) groups is 2. The summed E-state index contributed by atoms with van der Waals surface area (Å²) in [6.07, 6.45) is 0.307. The summed E-state index contributed by atoms with van der Waals surface area (Å²) in [6.45, 7) is 1.75. The Kier molecular flexibility index (Phi) is 7.32. The van der Waals surface area contributed by atoms with Crippen LogP contribution in [0.4, 0.5) is 5.69 Å². The molecule has 0 unspecified atom stereocenters. The van der Waals surface area contributed by atoms with E-state index in [0.717, 1.165) is 0 Å². The highest BCUT2D eigenvalue weighted by Crippen LogP contribution is 2.28. The number of nitro groups is 1. The van der Waals surface area contributed by atoms with Crippen molar-refractivity contribution in [2.45, 2.75) is 13.3 Å². The maximum Gasteiger partial charge on any atom is 0.341 e. The van der Waals surface area contributed by atoms with E-state index < -0.39 is 17.5 Å². The first-order chi connectivity index (χ1) is 13.4. The number of nitrogens with zero attached hydrogens (tertiary/aromatic N) is 1. The number of benzene rings is 2. The molecule has 2 aromatic carbocycles. The third-order valence-corrected chi connectivity index (χ3v) is 3.73. The molecule has 9 heteroatoms. The normalized spacial score (nSPS) is 10.2. The first kappa shape index (κ1) is 20.7. The quantitative estimate of drug-likeness (QED) is 0.472. The van der Waals surface area contributed by atoms with Crippen molar-refractivity contribution in [1.82, 2.24) is 5.32 Å². The average Bonchev–Trinajstić information content (AvgIpc) is 2.67. The molecule has 0 saturated heterocycles. The number of rotatable bonds is 10. The largest absolute Gasteiger partial charge is 0.490 e. The Bertz CT molecular complexity index is 867. The molecule has 0 fully saturated rings. The number of hydrogen-bond acceptors (Lipinski definition) is 6. The van der Waals surface area contributed by atoms with Crippen LogP contribution in [0.5, 0.6) is 11.5 Å². The Morgan fingerprint density at radius 3 is 2.57 bits per heavy atom. The van der Waals surface area contributed by atoms with E-state index >= 15 is 0 Å². The highest BCUT2D eigenvalue weighted by molar-refractivity contribution is 5.94. The van der Waals surface area contributed by atoms with Crippen molar-refractivity contribution in [1.29, 1.82) is 0 Å². The van der Waals surface area contributed by atoms with Gasteiger partial charge >= 0.3 is 5.97 Å². The Hall–Kier alpha value is -3.62. The van der Waals surface area contributed by atoms with E-state index in [9.17, 15) is 19.7 Å². The van der Waals surface area contributed by atoms with Gasteiger partial charge in [-0.15, -0.1) is 0 Å². The summed E-state index contributed by atoms with van der Waals surface area (Å²) >= 11 is 0. The summed E-state index contributed by atoms with van der Waals surface area (Å²) in [6, 6.07) is 10.8. The van der Waals surface area contributed by atoms with Gasteiger partial charge in [-0.1, -0.05) is 18.2 Å². The molecule has 9 nitrogen and oxygen atoms in total. The molecule has 0 spiro atoms. The molecule has 28 heavy (non-hydrogen) atoms. The van der Waals surface area contributed by atoms with Crippen LogP contribution in [0.3, 0.4) is 0 Å². The zero-order valence-electron chi connectivity index (χ0n) is 15.2. The van der Waals surface area contributed by atoms with Crippen LogP contribution in [0.1, 0.15) is 22.8 Å². The van der Waals surface area contributed by atoms with Gasteiger partial charge in [-0.25, -0.2) is 4.79 Å². The second kappa shape index (κ2) is 9.91. The molecule has 0 aliphatic carbocycles. The van der Waals surface area contributed by atoms with Gasteiger partial charge in [-0.05, 0) is 31.5 Å². The van der Waals surface area contributed by atoms with E-state index in [1.165, 1.54) is 24.3 Å². The van der Waals surface area contributed by atoms with Crippen LogP contribution in [0.15, 0.2) is 42.5 Å².